The highest BCUT2D eigenvalue weighted by molar-refractivity contribution is 7.12. The number of aromatic nitrogens is 1. The van der Waals surface area contributed by atoms with Gasteiger partial charge in [0.15, 0.2) is 5.84 Å². The lowest BCUT2D eigenvalue weighted by atomic mass is 10.3. The molecule has 1 aliphatic rings. The summed E-state index contributed by atoms with van der Waals surface area (Å²) in [7, 11) is 0. The van der Waals surface area contributed by atoms with Crippen molar-refractivity contribution in [3.63, 3.8) is 0 Å². The molecule has 1 N–H and O–H groups in total. The molecule has 0 saturated heterocycles. The van der Waals surface area contributed by atoms with Gasteiger partial charge in [0, 0.05) is 5.69 Å². The van der Waals surface area contributed by atoms with Crippen LogP contribution in [0.5, 0.6) is 0 Å². The fourth-order valence-corrected chi connectivity index (χ4v) is 2.35. The molecule has 3 heterocycles. The van der Waals surface area contributed by atoms with E-state index >= 15 is 0 Å². The number of hydrogen-bond acceptors (Lipinski definition) is 2. The van der Waals surface area contributed by atoms with Crippen LogP contribution in [-0.2, 0) is 0 Å². The standard InChI is InChI=1S/C13H11N3S/c1-9-4-6-12(14-9)16-13-7-5-10(15-13)11-3-2-8-17-11/h2-8,14H,1H3/b16-13-. The summed E-state index contributed by atoms with van der Waals surface area (Å²) in [6.45, 7) is 2.01. The Kier molecular flexibility index (Phi) is 2.49. The second-order valence-electron chi connectivity index (χ2n) is 3.80. The number of allylic oxidation sites excluding steroid dienone is 1. The molecule has 0 atom stereocenters. The molecule has 84 valence electrons. The molecule has 0 bridgehead atoms. The molecular formula is C13H11N3S. The van der Waals surface area contributed by atoms with E-state index < -0.39 is 0 Å². The lowest BCUT2D eigenvalue weighted by Gasteiger charge is -1.91. The minimum absolute atomic E-state index is 0.746. The predicted octanol–water partition coefficient (Wildman–Crippen LogP) is 3.47. The first-order valence-electron chi connectivity index (χ1n) is 5.36. The molecule has 1 aliphatic heterocycles. The second kappa shape index (κ2) is 4.14. The molecule has 2 aromatic rings. The highest BCUT2D eigenvalue weighted by Crippen LogP contribution is 2.17. The number of amidine groups is 1. The number of hydrogen-bond donors (Lipinski definition) is 1. The minimum atomic E-state index is 0.746. The van der Waals surface area contributed by atoms with Crippen molar-refractivity contribution in [2.24, 2.45) is 9.98 Å². The van der Waals surface area contributed by atoms with Gasteiger partial charge in [0.25, 0.3) is 0 Å². The summed E-state index contributed by atoms with van der Waals surface area (Å²) in [4.78, 5) is 13.3. The number of H-pyrrole nitrogens is 1. The number of rotatable bonds is 2. The average Bonchev–Trinajstić information content (AvgIpc) is 3.00. The normalized spacial score (nSPS) is 16.8. The summed E-state index contributed by atoms with van der Waals surface area (Å²) in [5.41, 5.74) is 2.09. The molecule has 0 aromatic carbocycles. The Morgan fingerprint density at radius 2 is 2.18 bits per heavy atom. The van der Waals surface area contributed by atoms with Crippen LogP contribution in [0.3, 0.4) is 0 Å². The van der Waals surface area contributed by atoms with Crippen LogP contribution in [0.4, 0.5) is 5.82 Å². The zero-order valence-corrected chi connectivity index (χ0v) is 10.2. The van der Waals surface area contributed by atoms with Crippen LogP contribution in [0, 0.1) is 6.92 Å². The van der Waals surface area contributed by atoms with Crippen LogP contribution in [0.25, 0.3) is 0 Å². The fraction of sp³-hybridized carbons (Fsp3) is 0.0769. The van der Waals surface area contributed by atoms with Gasteiger partial charge in [0.1, 0.15) is 5.82 Å². The Balaban J connectivity index is 1.89. The van der Waals surface area contributed by atoms with Gasteiger partial charge < -0.3 is 4.98 Å². The Morgan fingerprint density at radius 3 is 2.88 bits per heavy atom. The summed E-state index contributed by atoms with van der Waals surface area (Å²) in [5.74, 6) is 1.59. The number of aliphatic imine (C=N–C) groups is 2. The molecule has 17 heavy (non-hydrogen) atoms. The number of aromatic amines is 1. The highest BCUT2D eigenvalue weighted by atomic mass is 32.1. The molecule has 3 nitrogen and oxygen atoms in total. The maximum absolute atomic E-state index is 4.48. The van der Waals surface area contributed by atoms with Crippen molar-refractivity contribution in [3.8, 4) is 0 Å². The monoisotopic (exact) mass is 241 g/mol. The van der Waals surface area contributed by atoms with Gasteiger partial charge in [-0.05, 0) is 42.7 Å². The molecule has 0 spiro atoms. The third-order valence-corrected chi connectivity index (χ3v) is 3.34. The van der Waals surface area contributed by atoms with Crippen LogP contribution in [0.15, 0.2) is 51.8 Å². The van der Waals surface area contributed by atoms with Crippen LogP contribution >= 0.6 is 11.3 Å². The summed E-state index contributed by atoms with van der Waals surface area (Å²) in [6.07, 6.45) is 3.94. The quantitative estimate of drug-likeness (QED) is 0.836. The minimum Gasteiger partial charge on any atom is -0.344 e. The Labute approximate surface area is 103 Å². The lowest BCUT2D eigenvalue weighted by molar-refractivity contribution is 1.24. The van der Waals surface area contributed by atoms with E-state index in [-0.39, 0.29) is 0 Å². The molecule has 0 amide bonds. The van der Waals surface area contributed by atoms with Crippen LogP contribution in [0.1, 0.15) is 10.6 Å². The second-order valence-corrected chi connectivity index (χ2v) is 4.75. The van der Waals surface area contributed by atoms with Crippen molar-refractivity contribution < 1.29 is 0 Å². The highest BCUT2D eigenvalue weighted by Gasteiger charge is 2.08. The molecule has 0 unspecified atom stereocenters. The first-order chi connectivity index (χ1) is 8.31. The van der Waals surface area contributed by atoms with E-state index in [1.807, 2.05) is 37.3 Å². The maximum atomic E-state index is 4.48. The largest absolute Gasteiger partial charge is 0.344 e. The van der Waals surface area contributed by atoms with Crippen molar-refractivity contribution in [2.75, 3.05) is 0 Å². The van der Waals surface area contributed by atoms with E-state index in [4.69, 9.17) is 0 Å². The van der Waals surface area contributed by atoms with E-state index in [1.54, 1.807) is 11.3 Å². The van der Waals surface area contributed by atoms with Crippen molar-refractivity contribution in [3.05, 3.63) is 52.4 Å². The Morgan fingerprint density at radius 1 is 1.24 bits per heavy atom. The van der Waals surface area contributed by atoms with E-state index in [2.05, 4.69) is 26.4 Å². The average molecular weight is 241 g/mol. The van der Waals surface area contributed by atoms with Gasteiger partial charge in [-0.3, -0.25) is 0 Å². The van der Waals surface area contributed by atoms with Gasteiger partial charge in [-0.2, -0.15) is 0 Å². The van der Waals surface area contributed by atoms with Gasteiger partial charge in [0.05, 0.1) is 10.6 Å². The van der Waals surface area contributed by atoms with E-state index in [1.165, 1.54) is 4.88 Å². The number of thiophene rings is 1. The maximum Gasteiger partial charge on any atom is 0.155 e. The van der Waals surface area contributed by atoms with Gasteiger partial charge in [0.2, 0.25) is 0 Å². The van der Waals surface area contributed by atoms with Crippen molar-refractivity contribution in [2.45, 2.75) is 6.92 Å². The topological polar surface area (TPSA) is 40.5 Å². The Hall–Kier alpha value is -1.94. The van der Waals surface area contributed by atoms with Gasteiger partial charge in [-0.25, -0.2) is 9.98 Å². The molecular weight excluding hydrogens is 230 g/mol. The molecule has 3 rings (SSSR count). The summed E-state index contributed by atoms with van der Waals surface area (Å²) in [5, 5.41) is 2.05. The fourth-order valence-electron chi connectivity index (χ4n) is 1.65. The van der Waals surface area contributed by atoms with E-state index in [9.17, 15) is 0 Å². The van der Waals surface area contributed by atoms with Crippen molar-refractivity contribution in [1.29, 1.82) is 0 Å². The van der Waals surface area contributed by atoms with Crippen LogP contribution in [-0.4, -0.2) is 16.5 Å². The first kappa shape index (κ1) is 10.2. The zero-order chi connectivity index (χ0) is 11.7. The lowest BCUT2D eigenvalue weighted by Crippen LogP contribution is -1.90. The molecule has 2 aromatic heterocycles. The van der Waals surface area contributed by atoms with Crippen molar-refractivity contribution in [1.82, 2.24) is 4.98 Å². The number of aryl methyl sites for hydroxylation is 1. The smallest absolute Gasteiger partial charge is 0.155 e. The van der Waals surface area contributed by atoms with Crippen LogP contribution in [0.2, 0.25) is 0 Å². The molecule has 0 aliphatic carbocycles. The van der Waals surface area contributed by atoms with Crippen LogP contribution < -0.4 is 0 Å². The van der Waals surface area contributed by atoms with Gasteiger partial charge in [-0.15, -0.1) is 11.3 Å². The summed E-state index contributed by atoms with van der Waals surface area (Å²) in [6, 6.07) is 8.05. The summed E-state index contributed by atoms with van der Waals surface area (Å²) < 4.78 is 0. The van der Waals surface area contributed by atoms with Gasteiger partial charge >= 0.3 is 0 Å². The Bertz CT molecular complexity index is 615. The molecule has 0 radical (unpaired) electrons. The van der Waals surface area contributed by atoms with E-state index in [0.717, 1.165) is 23.1 Å². The van der Waals surface area contributed by atoms with Crippen molar-refractivity contribution >= 4 is 28.7 Å². The van der Waals surface area contributed by atoms with E-state index in [0.29, 0.717) is 0 Å². The SMILES string of the molecule is Cc1ccc(/N=C2/C=CC(c3cccs3)=N2)[nH]1. The third-order valence-electron chi connectivity index (χ3n) is 2.45. The summed E-state index contributed by atoms with van der Waals surface area (Å²) >= 11 is 1.69. The van der Waals surface area contributed by atoms with Gasteiger partial charge in [-0.1, -0.05) is 6.07 Å². The molecule has 0 fully saturated rings. The molecule has 0 saturated carbocycles. The first-order valence-corrected chi connectivity index (χ1v) is 6.24. The molecule has 4 heteroatoms. The predicted molar refractivity (Wildman–Crippen MR) is 72.6 cm³/mol. The number of nitrogens with one attached hydrogen (secondary N) is 1. The third kappa shape index (κ3) is 2.12. The number of nitrogens with zero attached hydrogens (tertiary/aromatic N) is 2. The zero-order valence-electron chi connectivity index (χ0n) is 9.34.